The lowest BCUT2D eigenvalue weighted by atomic mass is 10.1. The molecule has 0 bridgehead atoms. The predicted molar refractivity (Wildman–Crippen MR) is 62.7 cm³/mol. The second-order valence-electron chi connectivity index (χ2n) is 3.92. The Kier molecular flexibility index (Phi) is 3.27. The molecule has 96 valence electrons. The van der Waals surface area contributed by atoms with Gasteiger partial charge in [-0.05, 0) is 5.56 Å². The first-order chi connectivity index (χ1) is 8.46. The smallest absolute Gasteiger partial charge is 0.382 e. The summed E-state index contributed by atoms with van der Waals surface area (Å²) in [6.45, 7) is -0.222. The summed E-state index contributed by atoms with van der Waals surface area (Å²) >= 11 is 0. The zero-order valence-electron chi connectivity index (χ0n) is 9.48. The predicted octanol–water partition coefficient (Wildman–Crippen LogP) is 3.08. The van der Waals surface area contributed by atoms with Crippen LogP contribution < -0.4 is 5.73 Å². The number of hydrogen-bond acceptors (Lipinski definition) is 2. The molecular formula is C12H12F3N3. The van der Waals surface area contributed by atoms with E-state index in [-0.39, 0.29) is 12.4 Å². The average molecular weight is 255 g/mol. The molecule has 2 N–H and O–H groups in total. The summed E-state index contributed by atoms with van der Waals surface area (Å²) in [5, 5.41) is 3.88. The van der Waals surface area contributed by atoms with Crippen molar-refractivity contribution < 1.29 is 13.2 Å². The molecule has 0 atom stereocenters. The molecule has 0 spiro atoms. The highest BCUT2D eigenvalue weighted by molar-refractivity contribution is 5.72. The number of aromatic nitrogens is 2. The largest absolute Gasteiger partial charge is 0.390 e. The molecule has 0 saturated heterocycles. The van der Waals surface area contributed by atoms with Crippen LogP contribution in [-0.4, -0.2) is 16.0 Å². The van der Waals surface area contributed by atoms with Gasteiger partial charge in [0.1, 0.15) is 0 Å². The van der Waals surface area contributed by atoms with Crippen molar-refractivity contribution in [2.24, 2.45) is 0 Å². The molecular weight excluding hydrogens is 243 g/mol. The fourth-order valence-electron chi connectivity index (χ4n) is 1.63. The SMILES string of the molecule is Nc1nn(CCC(F)(F)F)cc1-c1ccccc1. The molecule has 2 rings (SSSR count). The monoisotopic (exact) mass is 255 g/mol. The van der Waals surface area contributed by atoms with Crippen molar-refractivity contribution in [1.29, 1.82) is 0 Å². The summed E-state index contributed by atoms with van der Waals surface area (Å²) in [6.07, 6.45) is -3.56. The second kappa shape index (κ2) is 4.72. The van der Waals surface area contributed by atoms with E-state index in [1.807, 2.05) is 30.3 Å². The molecule has 1 aromatic carbocycles. The number of nitrogens with zero attached hydrogens (tertiary/aromatic N) is 2. The zero-order chi connectivity index (χ0) is 13.2. The average Bonchev–Trinajstić information content (AvgIpc) is 2.68. The van der Waals surface area contributed by atoms with Gasteiger partial charge in [-0.15, -0.1) is 0 Å². The minimum absolute atomic E-state index is 0.222. The highest BCUT2D eigenvalue weighted by Gasteiger charge is 2.27. The Bertz CT molecular complexity index is 517. The number of benzene rings is 1. The number of nitrogens with two attached hydrogens (primary N) is 1. The van der Waals surface area contributed by atoms with Crippen molar-refractivity contribution in [3.63, 3.8) is 0 Å². The second-order valence-corrected chi connectivity index (χ2v) is 3.92. The standard InChI is InChI=1S/C12H12F3N3/c13-12(14,15)6-7-18-8-10(11(16)17-18)9-4-2-1-3-5-9/h1-5,8H,6-7H2,(H2,16,17). The lowest BCUT2D eigenvalue weighted by molar-refractivity contribution is -0.137. The number of anilines is 1. The van der Waals surface area contributed by atoms with Crippen LogP contribution in [0, 0.1) is 0 Å². The van der Waals surface area contributed by atoms with Crippen LogP contribution in [-0.2, 0) is 6.54 Å². The Balaban J connectivity index is 2.18. The third-order valence-corrected chi connectivity index (χ3v) is 2.50. The molecule has 0 radical (unpaired) electrons. The Morgan fingerprint density at radius 2 is 1.83 bits per heavy atom. The minimum Gasteiger partial charge on any atom is -0.382 e. The van der Waals surface area contributed by atoms with Crippen molar-refractivity contribution in [3.05, 3.63) is 36.5 Å². The van der Waals surface area contributed by atoms with Crippen LogP contribution in [0.4, 0.5) is 19.0 Å². The van der Waals surface area contributed by atoms with Gasteiger partial charge in [-0.2, -0.15) is 18.3 Å². The van der Waals surface area contributed by atoms with E-state index in [1.54, 1.807) is 0 Å². The molecule has 18 heavy (non-hydrogen) atoms. The number of rotatable bonds is 3. The molecule has 0 fully saturated rings. The fraction of sp³-hybridized carbons (Fsp3) is 0.250. The summed E-state index contributed by atoms with van der Waals surface area (Å²) < 4.78 is 37.5. The highest BCUT2D eigenvalue weighted by atomic mass is 19.4. The maximum atomic E-state index is 12.1. The van der Waals surface area contributed by atoms with Gasteiger partial charge in [0, 0.05) is 18.3 Å². The molecule has 1 heterocycles. The molecule has 0 aliphatic rings. The third kappa shape index (κ3) is 3.03. The third-order valence-electron chi connectivity index (χ3n) is 2.50. The van der Waals surface area contributed by atoms with Gasteiger partial charge in [-0.1, -0.05) is 30.3 Å². The Morgan fingerprint density at radius 3 is 2.44 bits per heavy atom. The van der Waals surface area contributed by atoms with Gasteiger partial charge in [0.2, 0.25) is 0 Å². The summed E-state index contributed by atoms with van der Waals surface area (Å²) in [4.78, 5) is 0. The number of hydrogen-bond donors (Lipinski definition) is 1. The van der Waals surface area contributed by atoms with Crippen LogP contribution in [0.2, 0.25) is 0 Å². The van der Waals surface area contributed by atoms with Crippen LogP contribution in [0.25, 0.3) is 11.1 Å². The van der Waals surface area contributed by atoms with E-state index in [9.17, 15) is 13.2 Å². The zero-order valence-corrected chi connectivity index (χ0v) is 9.48. The summed E-state index contributed by atoms with van der Waals surface area (Å²) in [7, 11) is 0. The van der Waals surface area contributed by atoms with E-state index in [0.29, 0.717) is 5.56 Å². The van der Waals surface area contributed by atoms with E-state index in [2.05, 4.69) is 5.10 Å². The molecule has 0 aliphatic heterocycles. The van der Waals surface area contributed by atoms with Crippen LogP contribution >= 0.6 is 0 Å². The molecule has 0 saturated carbocycles. The molecule has 1 aromatic heterocycles. The Labute approximate surface area is 102 Å². The number of nitrogen functional groups attached to an aromatic ring is 1. The molecule has 0 aliphatic carbocycles. The molecule has 0 unspecified atom stereocenters. The van der Waals surface area contributed by atoms with E-state index < -0.39 is 12.6 Å². The first-order valence-corrected chi connectivity index (χ1v) is 5.41. The van der Waals surface area contributed by atoms with E-state index in [1.165, 1.54) is 10.9 Å². The highest BCUT2D eigenvalue weighted by Crippen LogP contribution is 2.25. The summed E-state index contributed by atoms with van der Waals surface area (Å²) in [5.41, 5.74) is 7.19. The van der Waals surface area contributed by atoms with Crippen LogP contribution in [0.3, 0.4) is 0 Å². The van der Waals surface area contributed by atoms with E-state index in [4.69, 9.17) is 5.73 Å². The lowest BCUT2D eigenvalue weighted by Crippen LogP contribution is -2.12. The van der Waals surface area contributed by atoms with Crippen molar-refractivity contribution >= 4 is 5.82 Å². The van der Waals surface area contributed by atoms with Crippen LogP contribution in [0.5, 0.6) is 0 Å². The summed E-state index contributed by atoms with van der Waals surface area (Å²) in [6, 6.07) is 9.19. The van der Waals surface area contributed by atoms with E-state index >= 15 is 0 Å². The quantitative estimate of drug-likeness (QED) is 0.915. The van der Waals surface area contributed by atoms with Crippen LogP contribution in [0.15, 0.2) is 36.5 Å². The normalized spacial score (nSPS) is 11.7. The van der Waals surface area contributed by atoms with Crippen molar-refractivity contribution in [1.82, 2.24) is 9.78 Å². The van der Waals surface area contributed by atoms with Gasteiger partial charge in [0.15, 0.2) is 5.82 Å². The van der Waals surface area contributed by atoms with E-state index in [0.717, 1.165) is 5.56 Å². The minimum atomic E-state index is -4.19. The number of aryl methyl sites for hydroxylation is 1. The van der Waals surface area contributed by atoms with Gasteiger partial charge in [0.25, 0.3) is 0 Å². The maximum Gasteiger partial charge on any atom is 0.390 e. The first-order valence-electron chi connectivity index (χ1n) is 5.41. The molecule has 3 nitrogen and oxygen atoms in total. The van der Waals surface area contributed by atoms with Gasteiger partial charge in [-0.3, -0.25) is 4.68 Å². The lowest BCUT2D eigenvalue weighted by Gasteiger charge is -2.05. The molecule has 6 heteroatoms. The Hall–Kier alpha value is -1.98. The first kappa shape index (κ1) is 12.5. The van der Waals surface area contributed by atoms with Gasteiger partial charge >= 0.3 is 6.18 Å². The summed E-state index contributed by atoms with van der Waals surface area (Å²) in [5.74, 6) is 0.239. The Morgan fingerprint density at radius 1 is 1.17 bits per heavy atom. The van der Waals surface area contributed by atoms with Crippen molar-refractivity contribution in [2.45, 2.75) is 19.1 Å². The van der Waals surface area contributed by atoms with Crippen LogP contribution in [0.1, 0.15) is 6.42 Å². The maximum absolute atomic E-state index is 12.1. The number of halogens is 3. The van der Waals surface area contributed by atoms with Gasteiger partial charge in [-0.25, -0.2) is 0 Å². The van der Waals surface area contributed by atoms with Crippen molar-refractivity contribution in [3.8, 4) is 11.1 Å². The fourth-order valence-corrected chi connectivity index (χ4v) is 1.63. The molecule has 2 aromatic rings. The van der Waals surface area contributed by atoms with Gasteiger partial charge < -0.3 is 5.73 Å². The topological polar surface area (TPSA) is 43.8 Å². The molecule has 0 amide bonds. The van der Waals surface area contributed by atoms with Gasteiger partial charge in [0.05, 0.1) is 6.42 Å². The van der Waals surface area contributed by atoms with Crippen molar-refractivity contribution in [2.75, 3.05) is 5.73 Å². The number of alkyl halides is 3.